The first-order chi connectivity index (χ1) is 11.2. The van der Waals surface area contributed by atoms with Gasteiger partial charge in [0.15, 0.2) is 0 Å². The number of nitrogens with zero attached hydrogens (tertiary/aromatic N) is 4. The number of rotatable bonds is 3. The number of carbonyl (C=O) groups is 2. The Kier molecular flexibility index (Phi) is 3.08. The van der Waals surface area contributed by atoms with Gasteiger partial charge in [-0.15, -0.1) is 0 Å². The van der Waals surface area contributed by atoms with E-state index < -0.39 is 0 Å². The highest BCUT2D eigenvalue weighted by Crippen LogP contribution is 2.22. The second kappa shape index (κ2) is 5.24. The van der Waals surface area contributed by atoms with Gasteiger partial charge in [0, 0.05) is 18.1 Å². The van der Waals surface area contributed by atoms with Crippen molar-refractivity contribution in [2.75, 3.05) is 11.4 Å². The summed E-state index contributed by atoms with van der Waals surface area (Å²) in [5.74, 6) is -0.212. The van der Waals surface area contributed by atoms with Crippen LogP contribution in [0.5, 0.6) is 0 Å². The van der Waals surface area contributed by atoms with Crippen LogP contribution in [0.2, 0.25) is 0 Å². The number of pyridine rings is 1. The molecule has 3 amide bonds. The Hall–Kier alpha value is -3.15. The number of amides is 3. The maximum Gasteiger partial charge on any atom is 0.332 e. The molecule has 3 heterocycles. The summed E-state index contributed by atoms with van der Waals surface area (Å²) in [6.45, 7) is 0.249. The lowest BCUT2D eigenvalue weighted by molar-refractivity contribution is -0.125. The van der Waals surface area contributed by atoms with Crippen LogP contribution in [-0.4, -0.2) is 32.8 Å². The number of imide groups is 1. The Balaban J connectivity index is 1.59. The van der Waals surface area contributed by atoms with E-state index in [1.54, 1.807) is 0 Å². The molecule has 0 spiro atoms. The fraction of sp³-hybridized carbons (Fsp3) is 0.118. The average Bonchev–Trinajstić information content (AvgIpc) is 3.11. The van der Waals surface area contributed by atoms with Gasteiger partial charge in [-0.25, -0.2) is 9.78 Å². The van der Waals surface area contributed by atoms with Gasteiger partial charge in [0.05, 0.1) is 12.2 Å². The molecule has 0 radical (unpaired) electrons. The zero-order valence-corrected chi connectivity index (χ0v) is 12.3. The first kappa shape index (κ1) is 13.5. The van der Waals surface area contributed by atoms with Crippen molar-refractivity contribution in [1.82, 2.24) is 14.3 Å². The Morgan fingerprint density at radius 2 is 1.78 bits per heavy atom. The molecule has 4 rings (SSSR count). The quantitative estimate of drug-likeness (QED) is 0.698. The van der Waals surface area contributed by atoms with E-state index in [0.29, 0.717) is 5.69 Å². The molecule has 0 unspecified atom stereocenters. The van der Waals surface area contributed by atoms with E-state index in [0.717, 1.165) is 11.3 Å². The fourth-order valence-corrected chi connectivity index (χ4v) is 2.73. The number of hydrogen-bond acceptors (Lipinski definition) is 3. The number of hydrogen-bond donors (Lipinski definition) is 0. The van der Waals surface area contributed by atoms with Gasteiger partial charge in [0.25, 0.3) is 5.91 Å². The minimum atomic E-state index is -0.307. The molecule has 6 nitrogen and oxygen atoms in total. The summed E-state index contributed by atoms with van der Waals surface area (Å²) in [6.07, 6.45) is 3.72. The first-order valence-electron chi connectivity index (χ1n) is 7.32. The Labute approximate surface area is 132 Å². The third kappa shape index (κ3) is 2.34. The number of para-hydroxylation sites is 1. The largest absolute Gasteiger partial charge is 0.332 e. The smallest absolute Gasteiger partial charge is 0.307 e. The van der Waals surface area contributed by atoms with Crippen molar-refractivity contribution >= 4 is 23.3 Å². The molecule has 0 N–H and O–H groups in total. The molecule has 0 aliphatic carbocycles. The Morgan fingerprint density at radius 3 is 2.57 bits per heavy atom. The predicted octanol–water partition coefficient (Wildman–Crippen LogP) is 2.30. The van der Waals surface area contributed by atoms with E-state index in [2.05, 4.69) is 4.98 Å². The summed E-state index contributed by atoms with van der Waals surface area (Å²) in [5.41, 5.74) is 2.21. The van der Waals surface area contributed by atoms with Crippen molar-refractivity contribution in [3.05, 3.63) is 66.6 Å². The van der Waals surface area contributed by atoms with Crippen molar-refractivity contribution in [3.8, 4) is 0 Å². The van der Waals surface area contributed by atoms with Crippen molar-refractivity contribution in [3.63, 3.8) is 0 Å². The maximum absolute atomic E-state index is 12.5. The summed E-state index contributed by atoms with van der Waals surface area (Å²) in [5, 5.41) is 0. The molecule has 1 aromatic carbocycles. The SMILES string of the molecule is O=C1CN(c2ccccc2)C(=O)N1Cc1cn2ccccc2n1. The van der Waals surface area contributed by atoms with Crippen LogP contribution in [0, 0.1) is 0 Å². The van der Waals surface area contributed by atoms with E-state index in [-0.39, 0.29) is 25.0 Å². The van der Waals surface area contributed by atoms with Crippen molar-refractivity contribution in [1.29, 1.82) is 0 Å². The van der Waals surface area contributed by atoms with Crippen LogP contribution in [0.3, 0.4) is 0 Å². The van der Waals surface area contributed by atoms with Crippen LogP contribution in [0.25, 0.3) is 5.65 Å². The van der Waals surface area contributed by atoms with Crippen molar-refractivity contribution in [2.45, 2.75) is 6.54 Å². The summed E-state index contributed by atoms with van der Waals surface area (Å²) >= 11 is 0. The van der Waals surface area contributed by atoms with Crippen LogP contribution in [0.15, 0.2) is 60.9 Å². The highest BCUT2D eigenvalue weighted by atomic mass is 16.2. The minimum Gasteiger partial charge on any atom is -0.307 e. The van der Waals surface area contributed by atoms with Crippen LogP contribution in [-0.2, 0) is 11.3 Å². The third-order valence-corrected chi connectivity index (χ3v) is 3.86. The van der Waals surface area contributed by atoms with E-state index in [1.165, 1.54) is 9.80 Å². The lowest BCUT2D eigenvalue weighted by Crippen LogP contribution is -2.32. The zero-order chi connectivity index (χ0) is 15.8. The normalized spacial score (nSPS) is 15.0. The molecule has 114 valence electrons. The number of imidazole rings is 1. The molecule has 0 bridgehead atoms. The second-order valence-corrected chi connectivity index (χ2v) is 5.38. The molecular weight excluding hydrogens is 292 g/mol. The molecule has 1 fully saturated rings. The standard InChI is InChI=1S/C17H14N4O2/c22-16-12-20(14-6-2-1-3-7-14)17(23)21(16)11-13-10-19-9-5-4-8-15(19)18-13/h1-10H,11-12H2. The van der Waals surface area contributed by atoms with E-state index >= 15 is 0 Å². The molecule has 1 saturated heterocycles. The monoisotopic (exact) mass is 306 g/mol. The van der Waals surface area contributed by atoms with Gasteiger partial charge in [0.1, 0.15) is 12.2 Å². The summed E-state index contributed by atoms with van der Waals surface area (Å²) < 4.78 is 1.87. The minimum absolute atomic E-state index is 0.0657. The fourth-order valence-electron chi connectivity index (χ4n) is 2.73. The zero-order valence-electron chi connectivity index (χ0n) is 12.3. The van der Waals surface area contributed by atoms with Gasteiger partial charge in [-0.3, -0.25) is 14.6 Å². The highest BCUT2D eigenvalue weighted by Gasteiger charge is 2.37. The van der Waals surface area contributed by atoms with Gasteiger partial charge in [-0.1, -0.05) is 24.3 Å². The van der Waals surface area contributed by atoms with Crippen LogP contribution < -0.4 is 4.90 Å². The summed E-state index contributed by atoms with van der Waals surface area (Å²) in [6, 6.07) is 14.6. The highest BCUT2D eigenvalue weighted by molar-refractivity contribution is 6.12. The van der Waals surface area contributed by atoms with Crippen molar-refractivity contribution in [2.24, 2.45) is 0 Å². The topological polar surface area (TPSA) is 57.9 Å². The second-order valence-electron chi connectivity index (χ2n) is 5.38. The third-order valence-electron chi connectivity index (χ3n) is 3.86. The van der Waals surface area contributed by atoms with Gasteiger partial charge in [-0.05, 0) is 24.3 Å². The number of anilines is 1. The van der Waals surface area contributed by atoms with Gasteiger partial charge < -0.3 is 4.40 Å². The van der Waals surface area contributed by atoms with Gasteiger partial charge in [0.2, 0.25) is 0 Å². The Bertz CT molecular complexity index is 855. The molecule has 0 atom stereocenters. The number of fused-ring (bicyclic) bond motifs is 1. The molecule has 1 aliphatic heterocycles. The summed E-state index contributed by atoms with van der Waals surface area (Å²) in [7, 11) is 0. The lowest BCUT2D eigenvalue weighted by Gasteiger charge is -2.16. The van der Waals surface area contributed by atoms with Gasteiger partial charge >= 0.3 is 6.03 Å². The van der Waals surface area contributed by atoms with Gasteiger partial charge in [-0.2, -0.15) is 0 Å². The first-order valence-corrected chi connectivity index (χ1v) is 7.32. The van der Waals surface area contributed by atoms with Crippen molar-refractivity contribution < 1.29 is 9.59 Å². The molecule has 6 heteroatoms. The molecular formula is C17H14N4O2. The van der Waals surface area contributed by atoms with E-state index in [4.69, 9.17) is 0 Å². The molecule has 23 heavy (non-hydrogen) atoms. The van der Waals surface area contributed by atoms with E-state index in [1.807, 2.05) is 65.3 Å². The molecule has 1 aliphatic rings. The number of benzene rings is 1. The van der Waals surface area contributed by atoms with Crippen LogP contribution >= 0.6 is 0 Å². The predicted molar refractivity (Wildman–Crippen MR) is 84.9 cm³/mol. The maximum atomic E-state index is 12.5. The van der Waals surface area contributed by atoms with Crippen LogP contribution in [0.4, 0.5) is 10.5 Å². The average molecular weight is 306 g/mol. The Morgan fingerprint density at radius 1 is 1.00 bits per heavy atom. The molecule has 3 aromatic rings. The lowest BCUT2D eigenvalue weighted by atomic mass is 10.3. The molecule has 2 aromatic heterocycles. The molecule has 0 saturated carbocycles. The van der Waals surface area contributed by atoms with Crippen LogP contribution in [0.1, 0.15) is 5.69 Å². The number of urea groups is 1. The number of carbonyl (C=O) groups excluding carboxylic acids is 2. The summed E-state index contributed by atoms with van der Waals surface area (Å²) in [4.78, 5) is 31.9. The van der Waals surface area contributed by atoms with E-state index in [9.17, 15) is 9.59 Å². The number of aromatic nitrogens is 2.